The van der Waals surface area contributed by atoms with Gasteiger partial charge in [0.2, 0.25) is 20.0 Å². The molecule has 0 saturated carbocycles. The number of carbonyl (C=O) groups excluding carboxylic acids is 2. The fourth-order valence-corrected chi connectivity index (χ4v) is 12.4. The van der Waals surface area contributed by atoms with Gasteiger partial charge in [-0.3, -0.25) is 9.59 Å². The number of fused-ring (bicyclic) bond motifs is 2. The Balaban J connectivity index is 0.970. The fraction of sp³-hybridized carbons (Fsp3) is 0.519. The van der Waals surface area contributed by atoms with Gasteiger partial charge in [-0.25, -0.2) is 26.3 Å². The quantitative estimate of drug-likeness (QED) is 0.0513. The van der Waals surface area contributed by atoms with Crippen LogP contribution < -0.4 is 29.6 Å². The Morgan fingerprint density at radius 1 is 0.690 bits per heavy atom. The first-order chi connectivity index (χ1) is 33.8. The third kappa shape index (κ3) is 12.8. The highest BCUT2D eigenvalue weighted by atomic mass is 32.2. The molecule has 2 amide bonds. The van der Waals surface area contributed by atoms with Crippen molar-refractivity contribution in [3.8, 4) is 11.5 Å². The van der Waals surface area contributed by atoms with Crippen LogP contribution in [0.3, 0.4) is 0 Å². The summed E-state index contributed by atoms with van der Waals surface area (Å²) in [5.41, 5.74) is 1.90. The van der Waals surface area contributed by atoms with Gasteiger partial charge in [-0.05, 0) is 170 Å². The molecule has 3 aliphatic heterocycles. The molecule has 0 radical (unpaired) electrons. The van der Waals surface area contributed by atoms with Gasteiger partial charge in [0.15, 0.2) is 0 Å². The summed E-state index contributed by atoms with van der Waals surface area (Å²) >= 11 is 0. The molecule has 3 aliphatic rings. The molecule has 5 atom stereocenters. The molecule has 1 saturated heterocycles. The number of rotatable bonds is 22. The van der Waals surface area contributed by atoms with Crippen LogP contribution >= 0.6 is 0 Å². The summed E-state index contributed by atoms with van der Waals surface area (Å²) < 4.78 is 73.8. The molecule has 0 aliphatic carbocycles. The second-order valence-electron chi connectivity index (χ2n) is 20.0. The summed E-state index contributed by atoms with van der Waals surface area (Å²) in [5.74, 6) is 0.0430. The van der Waals surface area contributed by atoms with Gasteiger partial charge < -0.3 is 35.0 Å². The minimum Gasteiger partial charge on any atom is -0.487 e. The number of benzene rings is 4. The van der Waals surface area contributed by atoms with Crippen LogP contribution in [0.4, 0.5) is 0 Å². The maximum Gasteiger partial charge on any atom is 0.251 e. The third-order valence-corrected chi connectivity index (χ3v) is 17.6. The average molecular weight is 1020 g/mol. The number of aliphatic hydroxyl groups excluding tert-OH is 1. The molecule has 0 bridgehead atoms. The second kappa shape index (κ2) is 22.9. The van der Waals surface area contributed by atoms with Crippen LogP contribution in [0.15, 0.2) is 94.7 Å². The molecule has 71 heavy (non-hydrogen) atoms. The van der Waals surface area contributed by atoms with Crippen molar-refractivity contribution in [1.82, 2.24) is 29.9 Å². The standard InChI is InChI=1S/C54H74N6O9S2/c1-8-38-15-21-42(22-16-38)70(64,65)57-48-37(4)54(7,69-47-26-20-40(35-44(47)48)52(63)56-29-34-60-30-11-12-31-60)27-13-32-59(10-3)33-14-28-55-51(62)41-19-25-46-45(36-41)49(50(61)53(5,6)68-46)58-71(66,67)43-23-17-39(9-2)18-24-43/h15-26,35-37,48-50,57-58,61H,8-14,27-34H2,1-7H3,(H,55,62)(H,56,63)/t37-,48-,49+,50-,54?/m0/s1. The number of aryl methyl sites for hydroxylation is 2. The van der Waals surface area contributed by atoms with Crippen molar-refractivity contribution in [2.45, 2.75) is 133 Å². The molecule has 5 N–H and O–H groups in total. The van der Waals surface area contributed by atoms with Crippen LogP contribution in [0, 0.1) is 5.92 Å². The molecular weight excluding hydrogens is 941 g/mol. The van der Waals surface area contributed by atoms with Crippen molar-refractivity contribution in [2.24, 2.45) is 5.92 Å². The fourth-order valence-electron chi connectivity index (χ4n) is 9.91. The molecule has 4 aromatic rings. The zero-order valence-electron chi connectivity index (χ0n) is 42.4. The molecule has 1 fully saturated rings. The number of carbonyl (C=O) groups is 2. The number of aliphatic hydroxyl groups is 1. The SMILES string of the molecule is CCc1ccc(S(=O)(=O)N[C@@H]2c3cc(C(=O)NCCCN(CC)CCCC4(C)Oc5ccc(C(=O)NCCN6CCCC6)cc5[C@@H](NS(=O)(=O)c5ccc(CC)cc5)[C@@H]4C)ccc3OC(C)(C)[C@H]2O)cc1. The Bertz CT molecular complexity index is 2710. The summed E-state index contributed by atoms with van der Waals surface area (Å²) in [4.78, 5) is 31.9. The van der Waals surface area contributed by atoms with E-state index in [1.165, 1.54) is 12.8 Å². The van der Waals surface area contributed by atoms with Crippen LogP contribution in [0.5, 0.6) is 11.5 Å². The van der Waals surface area contributed by atoms with Gasteiger partial charge in [-0.15, -0.1) is 0 Å². The van der Waals surface area contributed by atoms with Crippen molar-refractivity contribution in [2.75, 3.05) is 52.4 Å². The van der Waals surface area contributed by atoms with Gasteiger partial charge in [0.05, 0.1) is 21.9 Å². The highest BCUT2D eigenvalue weighted by Gasteiger charge is 2.47. The van der Waals surface area contributed by atoms with E-state index in [1.54, 1.807) is 86.6 Å². The molecular formula is C54H74N6O9S2. The molecule has 17 heteroatoms. The van der Waals surface area contributed by atoms with Crippen LogP contribution in [-0.2, 0) is 32.9 Å². The van der Waals surface area contributed by atoms with Crippen LogP contribution in [0.1, 0.15) is 136 Å². The Kier molecular flexibility index (Phi) is 17.4. The number of sulfonamides is 2. The molecule has 7 rings (SSSR count). The summed E-state index contributed by atoms with van der Waals surface area (Å²) in [6.07, 6.45) is 4.68. The second-order valence-corrected chi connectivity index (χ2v) is 23.4. The first-order valence-electron chi connectivity index (χ1n) is 25.3. The summed E-state index contributed by atoms with van der Waals surface area (Å²) in [7, 11) is -8.01. The molecule has 0 aromatic heterocycles. The maximum absolute atomic E-state index is 14.0. The molecule has 4 aromatic carbocycles. The molecule has 386 valence electrons. The minimum atomic E-state index is -4.05. The van der Waals surface area contributed by atoms with Crippen LogP contribution in [0.25, 0.3) is 0 Å². The number of likely N-dealkylation sites (tertiary alicyclic amines) is 1. The predicted molar refractivity (Wildman–Crippen MR) is 276 cm³/mol. The zero-order chi connectivity index (χ0) is 51.1. The van der Waals surface area contributed by atoms with E-state index in [0.717, 1.165) is 63.1 Å². The number of amides is 2. The van der Waals surface area contributed by atoms with Gasteiger partial charge in [0.25, 0.3) is 11.8 Å². The maximum atomic E-state index is 14.0. The average Bonchev–Trinajstić information content (AvgIpc) is 3.88. The van der Waals surface area contributed by atoms with Crippen molar-refractivity contribution in [3.05, 3.63) is 118 Å². The lowest BCUT2D eigenvalue weighted by Gasteiger charge is -2.46. The van der Waals surface area contributed by atoms with Crippen molar-refractivity contribution in [3.63, 3.8) is 0 Å². The van der Waals surface area contributed by atoms with Crippen molar-refractivity contribution in [1.29, 1.82) is 0 Å². The molecule has 3 heterocycles. The van der Waals surface area contributed by atoms with Crippen molar-refractivity contribution >= 4 is 31.9 Å². The summed E-state index contributed by atoms with van der Waals surface area (Å²) in [6, 6.07) is 21.9. The Morgan fingerprint density at radius 3 is 1.72 bits per heavy atom. The Hall–Kier alpha value is -4.88. The highest BCUT2D eigenvalue weighted by molar-refractivity contribution is 7.89. The molecule has 15 nitrogen and oxygen atoms in total. The summed E-state index contributed by atoms with van der Waals surface area (Å²) in [6.45, 7) is 19.5. The minimum absolute atomic E-state index is 0.0724. The van der Waals surface area contributed by atoms with Crippen LogP contribution in [0.2, 0.25) is 0 Å². The highest BCUT2D eigenvalue weighted by Crippen LogP contribution is 2.47. The number of ether oxygens (including phenoxy) is 2. The number of nitrogens with one attached hydrogen (secondary N) is 4. The first-order valence-corrected chi connectivity index (χ1v) is 28.3. The predicted octanol–water partition coefficient (Wildman–Crippen LogP) is 6.92. The lowest BCUT2D eigenvalue weighted by Crippen LogP contribution is -2.53. The Morgan fingerprint density at radius 2 is 1.18 bits per heavy atom. The Labute approximate surface area is 421 Å². The van der Waals surface area contributed by atoms with Crippen molar-refractivity contribution < 1.29 is 41.0 Å². The smallest absolute Gasteiger partial charge is 0.251 e. The van der Waals surface area contributed by atoms with E-state index in [2.05, 4.69) is 36.8 Å². The zero-order valence-corrected chi connectivity index (χ0v) is 44.1. The lowest BCUT2D eigenvalue weighted by molar-refractivity contribution is -0.0603. The third-order valence-electron chi connectivity index (χ3n) is 14.7. The monoisotopic (exact) mass is 1010 g/mol. The topological polar surface area (TPSA) is 196 Å². The van der Waals surface area contributed by atoms with E-state index >= 15 is 0 Å². The molecule has 0 spiro atoms. The normalized spacial score (nSPS) is 22.0. The van der Waals surface area contributed by atoms with Gasteiger partial charge in [-0.2, -0.15) is 0 Å². The van der Waals surface area contributed by atoms with Crippen LogP contribution in [-0.4, -0.2) is 113 Å². The largest absolute Gasteiger partial charge is 0.487 e. The lowest BCUT2D eigenvalue weighted by atomic mass is 9.76. The van der Waals surface area contributed by atoms with E-state index in [0.29, 0.717) is 66.2 Å². The van der Waals surface area contributed by atoms with E-state index in [1.807, 2.05) is 39.8 Å². The van der Waals surface area contributed by atoms with E-state index < -0.39 is 49.4 Å². The first kappa shape index (κ1) is 53.9. The molecule has 1 unspecified atom stereocenters. The van der Waals surface area contributed by atoms with E-state index in [-0.39, 0.29) is 27.5 Å². The van der Waals surface area contributed by atoms with Gasteiger partial charge in [0.1, 0.15) is 28.8 Å². The number of hydrogen-bond acceptors (Lipinski definition) is 11. The van der Waals surface area contributed by atoms with Gasteiger partial charge >= 0.3 is 0 Å². The van der Waals surface area contributed by atoms with Gasteiger partial charge in [0, 0.05) is 47.8 Å². The van der Waals surface area contributed by atoms with Gasteiger partial charge in [-0.1, -0.05) is 52.0 Å². The van der Waals surface area contributed by atoms with E-state index in [4.69, 9.17) is 9.47 Å². The number of hydrogen-bond donors (Lipinski definition) is 5. The number of nitrogens with zero attached hydrogens (tertiary/aromatic N) is 2. The van der Waals surface area contributed by atoms with E-state index in [9.17, 15) is 31.5 Å². The summed E-state index contributed by atoms with van der Waals surface area (Å²) in [5, 5.41) is 17.4.